The average molecular weight is 445 g/mol. The van der Waals surface area contributed by atoms with Gasteiger partial charge in [-0.05, 0) is 59.1 Å². The van der Waals surface area contributed by atoms with Crippen molar-refractivity contribution in [3.05, 3.63) is 63.1 Å². The summed E-state index contributed by atoms with van der Waals surface area (Å²) in [4.78, 5) is 12.4. The Labute approximate surface area is 161 Å². The fourth-order valence-electron chi connectivity index (χ4n) is 2.20. The van der Waals surface area contributed by atoms with Crippen LogP contribution in [0, 0.1) is 0 Å². The van der Waals surface area contributed by atoms with Gasteiger partial charge in [0.05, 0.1) is 21.6 Å². The summed E-state index contributed by atoms with van der Waals surface area (Å²) in [6.45, 7) is 3.62. The Bertz CT molecular complexity index is 864. The molecule has 0 fully saturated rings. The van der Waals surface area contributed by atoms with Gasteiger partial charge >= 0.3 is 0 Å². The lowest BCUT2D eigenvalue weighted by Crippen LogP contribution is -2.24. The Morgan fingerprint density at radius 2 is 1.80 bits per heavy atom. The lowest BCUT2D eigenvalue weighted by atomic mass is 10.1. The largest absolute Gasteiger partial charge is 0.352 e. The Morgan fingerprint density at radius 1 is 1.16 bits per heavy atom. The number of hydrogen-bond donors (Lipinski definition) is 1. The van der Waals surface area contributed by atoms with E-state index in [0.29, 0.717) is 11.6 Å². The van der Waals surface area contributed by atoms with Crippen molar-refractivity contribution in [1.29, 1.82) is 0 Å². The first-order chi connectivity index (χ1) is 11.7. The molecule has 0 aliphatic heterocycles. The third-order valence-electron chi connectivity index (χ3n) is 3.74. The zero-order valence-corrected chi connectivity index (χ0v) is 17.1. The molecule has 25 heavy (non-hydrogen) atoms. The lowest BCUT2D eigenvalue weighted by Gasteiger charge is -2.10. The van der Waals surface area contributed by atoms with Crippen molar-refractivity contribution >= 4 is 43.3 Å². The van der Waals surface area contributed by atoms with E-state index < -0.39 is 15.1 Å². The van der Waals surface area contributed by atoms with Gasteiger partial charge in [0.2, 0.25) is 5.91 Å². The van der Waals surface area contributed by atoms with E-state index in [1.54, 1.807) is 38.1 Å². The second kappa shape index (κ2) is 8.34. The van der Waals surface area contributed by atoms with Crippen molar-refractivity contribution in [1.82, 2.24) is 5.32 Å². The molecule has 0 heterocycles. The number of sulfone groups is 1. The summed E-state index contributed by atoms with van der Waals surface area (Å²) in [6, 6.07) is 12.0. The molecular weight excluding hydrogens is 426 g/mol. The molecular formula is C18H19BrClNO3S. The van der Waals surface area contributed by atoms with E-state index in [9.17, 15) is 13.2 Å². The highest BCUT2D eigenvalue weighted by Crippen LogP contribution is 2.25. The van der Waals surface area contributed by atoms with E-state index in [4.69, 9.17) is 11.6 Å². The van der Waals surface area contributed by atoms with Gasteiger partial charge in [0.1, 0.15) is 0 Å². The Balaban J connectivity index is 1.98. The fraction of sp³-hybridized carbons (Fsp3) is 0.278. The first-order valence-electron chi connectivity index (χ1n) is 7.74. The van der Waals surface area contributed by atoms with Gasteiger partial charge in [0, 0.05) is 11.0 Å². The molecule has 2 rings (SSSR count). The van der Waals surface area contributed by atoms with Crippen LogP contribution in [-0.4, -0.2) is 19.6 Å². The second-order valence-corrected chi connectivity index (χ2v) is 9.64. The van der Waals surface area contributed by atoms with Gasteiger partial charge in [-0.1, -0.05) is 35.9 Å². The van der Waals surface area contributed by atoms with Crippen LogP contribution in [-0.2, 0) is 27.6 Å². The number of hydrogen-bond acceptors (Lipinski definition) is 3. The van der Waals surface area contributed by atoms with Gasteiger partial charge in [0.25, 0.3) is 0 Å². The molecule has 7 heteroatoms. The summed E-state index contributed by atoms with van der Waals surface area (Å²) in [7, 11) is -3.30. The number of carbonyl (C=O) groups is 1. The highest BCUT2D eigenvalue weighted by molar-refractivity contribution is 9.10. The summed E-state index contributed by atoms with van der Waals surface area (Å²) >= 11 is 9.51. The quantitative estimate of drug-likeness (QED) is 0.728. The number of halogens is 2. The molecule has 0 atom stereocenters. The maximum absolute atomic E-state index is 12.1. The zero-order valence-electron chi connectivity index (χ0n) is 13.9. The van der Waals surface area contributed by atoms with Crippen LogP contribution in [0.15, 0.2) is 51.8 Å². The number of rotatable bonds is 6. The third-order valence-corrected chi connectivity index (χ3v) is 7.25. The summed E-state index contributed by atoms with van der Waals surface area (Å²) in [5.41, 5.74) is 1.57. The topological polar surface area (TPSA) is 63.2 Å². The van der Waals surface area contributed by atoms with Gasteiger partial charge < -0.3 is 5.32 Å². The Morgan fingerprint density at radius 3 is 2.40 bits per heavy atom. The summed E-state index contributed by atoms with van der Waals surface area (Å²) in [5, 5.41) is 2.92. The van der Waals surface area contributed by atoms with Crippen LogP contribution >= 0.6 is 27.5 Å². The van der Waals surface area contributed by atoms with Crippen molar-refractivity contribution in [2.75, 3.05) is 0 Å². The van der Waals surface area contributed by atoms with Crippen molar-refractivity contribution in [2.45, 2.75) is 37.0 Å². The number of nitrogens with one attached hydrogen (secondary N) is 1. The van der Waals surface area contributed by atoms with Gasteiger partial charge in [-0.2, -0.15) is 0 Å². The lowest BCUT2D eigenvalue weighted by molar-refractivity contribution is -0.120. The molecule has 4 nitrogen and oxygen atoms in total. The molecule has 0 saturated carbocycles. The molecule has 0 unspecified atom stereocenters. The van der Waals surface area contributed by atoms with Crippen molar-refractivity contribution in [3.63, 3.8) is 0 Å². The van der Waals surface area contributed by atoms with Crippen molar-refractivity contribution in [3.8, 4) is 0 Å². The first kappa shape index (κ1) is 19.9. The standard InChI is InChI=1S/C18H19BrClNO3S/c1-12(2)25(23,24)15-8-6-13(7-9-15)10-17(22)21-11-14-4-3-5-16(19)18(14)20/h3-9,12H,10-11H2,1-2H3,(H,21,22). The monoisotopic (exact) mass is 443 g/mol. The molecule has 2 aromatic rings. The van der Waals surface area contributed by atoms with Crippen LogP contribution in [0.2, 0.25) is 5.02 Å². The van der Waals surface area contributed by atoms with E-state index in [1.165, 1.54) is 0 Å². The minimum Gasteiger partial charge on any atom is -0.352 e. The third kappa shape index (κ3) is 5.06. The molecule has 0 spiro atoms. The van der Waals surface area contributed by atoms with E-state index in [-0.39, 0.29) is 17.2 Å². The van der Waals surface area contributed by atoms with Crippen LogP contribution in [0.25, 0.3) is 0 Å². The SMILES string of the molecule is CC(C)S(=O)(=O)c1ccc(CC(=O)NCc2cccc(Br)c2Cl)cc1. The summed E-state index contributed by atoms with van der Waals surface area (Å²) in [5.74, 6) is -0.157. The van der Waals surface area contributed by atoms with Gasteiger partial charge in [-0.15, -0.1) is 0 Å². The molecule has 1 N–H and O–H groups in total. The van der Waals surface area contributed by atoms with Gasteiger partial charge in [0.15, 0.2) is 9.84 Å². The zero-order chi connectivity index (χ0) is 18.6. The molecule has 1 amide bonds. The van der Waals surface area contributed by atoms with Crippen LogP contribution in [0.3, 0.4) is 0 Å². The van der Waals surface area contributed by atoms with Gasteiger partial charge in [-0.25, -0.2) is 8.42 Å². The predicted molar refractivity (Wildman–Crippen MR) is 103 cm³/mol. The van der Waals surface area contributed by atoms with E-state index >= 15 is 0 Å². The molecule has 0 aliphatic carbocycles. The number of amides is 1. The van der Waals surface area contributed by atoms with Crippen LogP contribution in [0.5, 0.6) is 0 Å². The molecule has 0 aliphatic rings. The van der Waals surface area contributed by atoms with Crippen LogP contribution in [0.1, 0.15) is 25.0 Å². The smallest absolute Gasteiger partial charge is 0.224 e. The summed E-state index contributed by atoms with van der Waals surface area (Å²) in [6.07, 6.45) is 0.174. The average Bonchev–Trinajstić information content (AvgIpc) is 2.56. The maximum atomic E-state index is 12.1. The van der Waals surface area contributed by atoms with Crippen molar-refractivity contribution < 1.29 is 13.2 Å². The van der Waals surface area contributed by atoms with Crippen molar-refractivity contribution in [2.24, 2.45) is 0 Å². The second-order valence-electron chi connectivity index (χ2n) is 5.90. The molecule has 0 saturated heterocycles. The van der Waals surface area contributed by atoms with Crippen LogP contribution < -0.4 is 5.32 Å². The molecule has 0 aromatic heterocycles. The van der Waals surface area contributed by atoms with E-state index in [0.717, 1.165) is 15.6 Å². The molecule has 2 aromatic carbocycles. The Kier molecular flexibility index (Phi) is 6.65. The minimum absolute atomic E-state index is 0.157. The van der Waals surface area contributed by atoms with Crippen LogP contribution in [0.4, 0.5) is 0 Å². The fourth-order valence-corrected chi connectivity index (χ4v) is 3.86. The normalized spacial score (nSPS) is 11.6. The van der Waals surface area contributed by atoms with Gasteiger partial charge in [-0.3, -0.25) is 4.79 Å². The minimum atomic E-state index is -3.30. The summed E-state index contributed by atoms with van der Waals surface area (Å²) < 4.78 is 25.0. The van der Waals surface area contributed by atoms with E-state index in [1.807, 2.05) is 18.2 Å². The first-order valence-corrected chi connectivity index (χ1v) is 10.5. The number of benzene rings is 2. The van der Waals surface area contributed by atoms with E-state index in [2.05, 4.69) is 21.2 Å². The predicted octanol–water partition coefficient (Wildman–Crippen LogP) is 4.14. The molecule has 0 bridgehead atoms. The highest BCUT2D eigenvalue weighted by Gasteiger charge is 2.18. The molecule has 0 radical (unpaired) electrons. The molecule has 134 valence electrons. The Hall–Kier alpha value is -1.37. The maximum Gasteiger partial charge on any atom is 0.224 e. The highest BCUT2D eigenvalue weighted by atomic mass is 79.9. The number of carbonyl (C=O) groups excluding carboxylic acids is 1.